The third-order valence-corrected chi connectivity index (χ3v) is 4.44. The van der Waals surface area contributed by atoms with E-state index in [4.69, 9.17) is 4.74 Å². The molecule has 0 spiro atoms. The number of nitriles is 1. The van der Waals surface area contributed by atoms with Gasteiger partial charge in [-0.2, -0.15) is 5.26 Å². The van der Waals surface area contributed by atoms with Gasteiger partial charge < -0.3 is 14.5 Å². The first kappa shape index (κ1) is 15.8. The zero-order valence-electron chi connectivity index (χ0n) is 13.3. The summed E-state index contributed by atoms with van der Waals surface area (Å²) in [6.07, 6.45) is 5.96. The molecule has 2 aliphatic rings. The SMILES string of the molecule is N#Cc1cccnc1N(CC(=O)N1CCCC1)C[C@H]1CCCO1. The number of aromatic nitrogens is 1. The molecule has 6 heteroatoms. The summed E-state index contributed by atoms with van der Waals surface area (Å²) in [5, 5.41) is 9.33. The van der Waals surface area contributed by atoms with Gasteiger partial charge in [-0.1, -0.05) is 0 Å². The number of hydrogen-bond acceptors (Lipinski definition) is 5. The van der Waals surface area contributed by atoms with Gasteiger partial charge in [-0.3, -0.25) is 4.79 Å². The van der Waals surface area contributed by atoms with E-state index >= 15 is 0 Å². The lowest BCUT2D eigenvalue weighted by Crippen LogP contribution is -2.42. The summed E-state index contributed by atoms with van der Waals surface area (Å²) in [4.78, 5) is 20.7. The first-order valence-electron chi connectivity index (χ1n) is 8.27. The molecule has 23 heavy (non-hydrogen) atoms. The average molecular weight is 314 g/mol. The highest BCUT2D eigenvalue weighted by atomic mass is 16.5. The average Bonchev–Trinajstić information content (AvgIpc) is 3.27. The third kappa shape index (κ3) is 3.80. The van der Waals surface area contributed by atoms with Crippen LogP contribution in [0.3, 0.4) is 0 Å². The van der Waals surface area contributed by atoms with Crippen LogP contribution in [0.4, 0.5) is 5.82 Å². The van der Waals surface area contributed by atoms with Crippen LogP contribution in [0.2, 0.25) is 0 Å². The van der Waals surface area contributed by atoms with Crippen molar-refractivity contribution in [1.29, 1.82) is 5.26 Å². The fourth-order valence-corrected chi connectivity index (χ4v) is 3.23. The molecule has 1 amide bonds. The molecule has 0 aromatic carbocycles. The highest BCUT2D eigenvalue weighted by Gasteiger charge is 2.26. The van der Waals surface area contributed by atoms with Crippen molar-refractivity contribution in [3.8, 4) is 6.07 Å². The fraction of sp³-hybridized carbons (Fsp3) is 0.588. The Kier molecular flexibility index (Phi) is 5.09. The minimum atomic E-state index is 0.106. The Balaban J connectivity index is 1.77. The number of nitrogens with zero attached hydrogens (tertiary/aromatic N) is 4. The van der Waals surface area contributed by atoms with Crippen LogP contribution in [0.15, 0.2) is 18.3 Å². The number of carbonyl (C=O) groups is 1. The summed E-state index contributed by atoms with van der Waals surface area (Å²) in [6, 6.07) is 5.66. The number of anilines is 1. The Labute approximate surface area is 136 Å². The molecule has 3 rings (SSSR count). The van der Waals surface area contributed by atoms with Gasteiger partial charge in [0.15, 0.2) is 0 Å². The molecule has 2 saturated heterocycles. The molecule has 2 fully saturated rings. The van der Waals surface area contributed by atoms with Crippen LogP contribution in [0.5, 0.6) is 0 Å². The van der Waals surface area contributed by atoms with Gasteiger partial charge in [0.25, 0.3) is 0 Å². The predicted octanol–water partition coefficient (Wildman–Crippen LogP) is 1.56. The molecule has 0 N–H and O–H groups in total. The number of hydrogen-bond donors (Lipinski definition) is 0. The van der Waals surface area contributed by atoms with Gasteiger partial charge >= 0.3 is 0 Å². The summed E-state index contributed by atoms with van der Waals surface area (Å²) in [7, 11) is 0. The van der Waals surface area contributed by atoms with Crippen LogP contribution in [0, 0.1) is 11.3 Å². The monoisotopic (exact) mass is 314 g/mol. The maximum atomic E-state index is 12.5. The topological polar surface area (TPSA) is 69.5 Å². The Bertz CT molecular complexity index is 587. The molecule has 3 heterocycles. The molecule has 2 aliphatic heterocycles. The second kappa shape index (κ2) is 7.42. The summed E-state index contributed by atoms with van der Waals surface area (Å²) in [5.41, 5.74) is 0.500. The Morgan fingerprint density at radius 2 is 2.26 bits per heavy atom. The summed E-state index contributed by atoms with van der Waals surface area (Å²) in [5.74, 6) is 0.688. The number of ether oxygens (including phenoxy) is 1. The molecular weight excluding hydrogens is 292 g/mol. The van der Waals surface area contributed by atoms with Gasteiger partial charge in [-0.05, 0) is 37.8 Å². The van der Waals surface area contributed by atoms with Crippen molar-refractivity contribution in [1.82, 2.24) is 9.88 Å². The van der Waals surface area contributed by atoms with E-state index in [1.165, 1.54) is 0 Å². The van der Waals surface area contributed by atoms with Gasteiger partial charge in [-0.25, -0.2) is 4.98 Å². The first-order chi connectivity index (χ1) is 11.3. The second-order valence-electron chi connectivity index (χ2n) is 6.09. The third-order valence-electron chi connectivity index (χ3n) is 4.44. The standard InChI is InChI=1S/C17H22N4O2/c18-11-14-5-3-7-19-17(14)21(12-15-6-4-10-23-15)13-16(22)20-8-1-2-9-20/h3,5,7,15H,1-2,4,6,8-10,12-13H2/t15-/m1/s1. The van der Waals surface area contributed by atoms with Crippen molar-refractivity contribution in [2.45, 2.75) is 31.8 Å². The second-order valence-corrected chi connectivity index (χ2v) is 6.09. The molecular formula is C17H22N4O2. The van der Waals surface area contributed by atoms with Crippen LogP contribution < -0.4 is 4.90 Å². The molecule has 1 atom stereocenters. The molecule has 0 radical (unpaired) electrons. The van der Waals surface area contributed by atoms with Crippen molar-refractivity contribution < 1.29 is 9.53 Å². The Morgan fingerprint density at radius 1 is 1.43 bits per heavy atom. The number of amides is 1. The van der Waals surface area contributed by atoms with Crippen LogP contribution >= 0.6 is 0 Å². The molecule has 0 aliphatic carbocycles. The molecule has 122 valence electrons. The van der Waals surface area contributed by atoms with E-state index in [1.807, 2.05) is 9.80 Å². The van der Waals surface area contributed by atoms with Crippen LogP contribution in [0.1, 0.15) is 31.2 Å². The normalized spacial score (nSPS) is 20.5. The van der Waals surface area contributed by atoms with Crippen molar-refractivity contribution >= 4 is 11.7 Å². The minimum Gasteiger partial charge on any atom is -0.376 e. The zero-order chi connectivity index (χ0) is 16.1. The Morgan fingerprint density at radius 3 is 2.96 bits per heavy atom. The zero-order valence-corrected chi connectivity index (χ0v) is 13.3. The van der Waals surface area contributed by atoms with Crippen molar-refractivity contribution in [2.24, 2.45) is 0 Å². The molecule has 1 aromatic rings. The number of rotatable bonds is 5. The van der Waals surface area contributed by atoms with Crippen LogP contribution in [0.25, 0.3) is 0 Å². The number of likely N-dealkylation sites (tertiary alicyclic amines) is 1. The molecule has 0 saturated carbocycles. The fourth-order valence-electron chi connectivity index (χ4n) is 3.23. The van der Waals surface area contributed by atoms with E-state index < -0.39 is 0 Å². The van der Waals surface area contributed by atoms with Gasteiger partial charge in [0.05, 0.1) is 18.2 Å². The van der Waals surface area contributed by atoms with Gasteiger partial charge in [-0.15, -0.1) is 0 Å². The first-order valence-corrected chi connectivity index (χ1v) is 8.27. The van der Waals surface area contributed by atoms with E-state index in [2.05, 4.69) is 11.1 Å². The lowest BCUT2D eigenvalue weighted by atomic mass is 10.2. The molecule has 1 aromatic heterocycles. The largest absolute Gasteiger partial charge is 0.376 e. The summed E-state index contributed by atoms with van der Waals surface area (Å²) in [6.45, 7) is 3.29. The summed E-state index contributed by atoms with van der Waals surface area (Å²) >= 11 is 0. The van der Waals surface area contributed by atoms with E-state index in [0.29, 0.717) is 17.9 Å². The molecule has 0 unspecified atom stereocenters. The highest BCUT2D eigenvalue weighted by Crippen LogP contribution is 2.21. The minimum absolute atomic E-state index is 0.106. The molecule has 0 bridgehead atoms. The lowest BCUT2D eigenvalue weighted by molar-refractivity contribution is -0.128. The van der Waals surface area contributed by atoms with E-state index in [1.54, 1.807) is 18.3 Å². The smallest absolute Gasteiger partial charge is 0.242 e. The van der Waals surface area contributed by atoms with Gasteiger partial charge in [0.1, 0.15) is 11.9 Å². The number of pyridine rings is 1. The van der Waals surface area contributed by atoms with Crippen LogP contribution in [-0.4, -0.2) is 54.7 Å². The summed E-state index contributed by atoms with van der Waals surface area (Å²) < 4.78 is 5.71. The highest BCUT2D eigenvalue weighted by molar-refractivity contribution is 5.82. The van der Waals surface area contributed by atoms with Crippen molar-refractivity contribution in [3.05, 3.63) is 23.9 Å². The predicted molar refractivity (Wildman–Crippen MR) is 86.0 cm³/mol. The van der Waals surface area contributed by atoms with Crippen LogP contribution in [-0.2, 0) is 9.53 Å². The van der Waals surface area contributed by atoms with E-state index in [0.717, 1.165) is 45.4 Å². The maximum Gasteiger partial charge on any atom is 0.242 e. The Hall–Kier alpha value is -2.13. The maximum absolute atomic E-state index is 12.5. The van der Waals surface area contributed by atoms with E-state index in [9.17, 15) is 10.1 Å². The lowest BCUT2D eigenvalue weighted by Gasteiger charge is -2.28. The van der Waals surface area contributed by atoms with E-state index in [-0.39, 0.29) is 18.6 Å². The van der Waals surface area contributed by atoms with Gasteiger partial charge in [0.2, 0.25) is 5.91 Å². The van der Waals surface area contributed by atoms with Crippen molar-refractivity contribution in [2.75, 3.05) is 37.7 Å². The number of carbonyl (C=O) groups excluding carboxylic acids is 1. The quantitative estimate of drug-likeness (QED) is 0.825. The van der Waals surface area contributed by atoms with Gasteiger partial charge in [0, 0.05) is 32.4 Å². The van der Waals surface area contributed by atoms with Crippen molar-refractivity contribution in [3.63, 3.8) is 0 Å². The molecule has 6 nitrogen and oxygen atoms in total.